The fourth-order valence-corrected chi connectivity index (χ4v) is 3.97. The van der Waals surface area contributed by atoms with Crippen LogP contribution in [-0.4, -0.2) is 0 Å². The summed E-state index contributed by atoms with van der Waals surface area (Å²) >= 11 is 0.937. The molecule has 4 aromatic carbocycles. The maximum absolute atomic E-state index is 15.2. The monoisotopic (exact) mass is 414 g/mol. The zero-order valence-corrected chi connectivity index (χ0v) is 16.2. The number of nitriles is 2. The van der Waals surface area contributed by atoms with Crippen LogP contribution >= 0.6 is 11.8 Å². The number of fused-ring (bicyclic) bond motifs is 1. The van der Waals surface area contributed by atoms with E-state index in [1.807, 2.05) is 36.4 Å². The molecule has 0 spiro atoms. The number of hydrogen-bond acceptors (Lipinski definition) is 4. The quantitative estimate of drug-likeness (QED) is 0.368. The van der Waals surface area contributed by atoms with Gasteiger partial charge >= 0.3 is 0 Å². The summed E-state index contributed by atoms with van der Waals surface area (Å²) in [7, 11) is 0. The maximum Gasteiger partial charge on any atom is 0.186 e. The van der Waals surface area contributed by atoms with Gasteiger partial charge in [0, 0.05) is 4.90 Å². The second kappa shape index (κ2) is 8.24. The van der Waals surface area contributed by atoms with E-state index in [0.29, 0.717) is 4.90 Å². The number of hydrogen-bond donors (Lipinski definition) is 0. The molecule has 0 aliphatic heterocycles. The molecule has 0 saturated heterocycles. The minimum absolute atomic E-state index is 0.192. The Morgan fingerprint density at radius 1 is 0.733 bits per heavy atom. The van der Waals surface area contributed by atoms with E-state index in [9.17, 15) is 10.5 Å². The van der Waals surface area contributed by atoms with Crippen LogP contribution in [0.5, 0.6) is 11.5 Å². The van der Waals surface area contributed by atoms with Crippen molar-refractivity contribution in [3.8, 4) is 23.6 Å². The zero-order chi connectivity index (χ0) is 21.1. The van der Waals surface area contributed by atoms with Crippen molar-refractivity contribution in [2.45, 2.75) is 9.79 Å². The fourth-order valence-electron chi connectivity index (χ4n) is 2.99. The number of rotatable bonds is 4. The summed E-state index contributed by atoms with van der Waals surface area (Å²) in [6.45, 7) is 0. The van der Waals surface area contributed by atoms with Gasteiger partial charge in [-0.2, -0.15) is 10.5 Å². The normalized spacial score (nSPS) is 10.4. The Balaban J connectivity index is 1.88. The lowest BCUT2D eigenvalue weighted by molar-refractivity contribution is 0.418. The van der Waals surface area contributed by atoms with Crippen LogP contribution in [-0.2, 0) is 0 Å². The molecule has 4 aromatic rings. The van der Waals surface area contributed by atoms with Crippen molar-refractivity contribution in [3.05, 3.63) is 95.6 Å². The minimum atomic E-state index is -1.07. The predicted octanol–water partition coefficient (Wildman–Crippen LogP) is 6.80. The lowest BCUT2D eigenvalue weighted by Gasteiger charge is -2.15. The molecule has 0 aliphatic rings. The molecular weight excluding hydrogens is 402 g/mol. The molecule has 0 aliphatic carbocycles. The van der Waals surface area contributed by atoms with E-state index in [1.54, 1.807) is 48.5 Å². The molecule has 3 nitrogen and oxygen atoms in total. The first kappa shape index (κ1) is 19.4. The van der Waals surface area contributed by atoms with Crippen LogP contribution in [0.25, 0.3) is 10.8 Å². The third kappa shape index (κ3) is 3.57. The van der Waals surface area contributed by atoms with Gasteiger partial charge in [-0.15, -0.1) is 0 Å². The van der Waals surface area contributed by atoms with Gasteiger partial charge in [0.1, 0.15) is 29.0 Å². The second-order valence-corrected chi connectivity index (χ2v) is 7.37. The Bertz CT molecular complexity index is 1340. The fraction of sp³-hybridized carbons (Fsp3) is 0. The van der Waals surface area contributed by atoms with Crippen LogP contribution in [0.15, 0.2) is 82.6 Å². The summed E-state index contributed by atoms with van der Waals surface area (Å²) in [6, 6.07) is 24.6. The predicted molar refractivity (Wildman–Crippen MR) is 110 cm³/mol. The number of halogens is 2. The topological polar surface area (TPSA) is 56.8 Å². The van der Waals surface area contributed by atoms with Crippen LogP contribution in [0.2, 0.25) is 0 Å². The first-order valence-electron chi connectivity index (χ1n) is 8.87. The summed E-state index contributed by atoms with van der Waals surface area (Å²) in [5.41, 5.74) is -1.32. The Morgan fingerprint density at radius 3 is 2.07 bits per heavy atom. The first-order valence-corrected chi connectivity index (χ1v) is 9.68. The molecule has 0 aromatic heterocycles. The SMILES string of the molecule is N#Cc1c(F)c(Oc2ccccc2)c(Sc2ccc3ccccc3c2)c(F)c1C#N. The molecule has 0 fully saturated rings. The Labute approximate surface area is 175 Å². The van der Waals surface area contributed by atoms with Crippen molar-refractivity contribution < 1.29 is 13.5 Å². The molecule has 4 rings (SSSR count). The van der Waals surface area contributed by atoms with Gasteiger partial charge in [-0.25, -0.2) is 8.78 Å². The molecule has 144 valence electrons. The van der Waals surface area contributed by atoms with Crippen molar-refractivity contribution in [2.24, 2.45) is 0 Å². The number of para-hydroxylation sites is 1. The molecule has 0 bridgehead atoms. The summed E-state index contributed by atoms with van der Waals surface area (Å²) < 4.78 is 36.0. The van der Waals surface area contributed by atoms with Crippen LogP contribution in [0.3, 0.4) is 0 Å². The molecule has 30 heavy (non-hydrogen) atoms. The molecule has 0 radical (unpaired) electrons. The summed E-state index contributed by atoms with van der Waals surface area (Å²) in [5.74, 6) is -2.20. The molecule has 0 unspecified atom stereocenters. The molecule has 0 heterocycles. The highest BCUT2D eigenvalue weighted by molar-refractivity contribution is 7.99. The summed E-state index contributed by atoms with van der Waals surface area (Å²) in [5, 5.41) is 20.5. The van der Waals surface area contributed by atoms with Gasteiger partial charge in [0.25, 0.3) is 0 Å². The zero-order valence-electron chi connectivity index (χ0n) is 15.4. The molecule has 0 saturated carbocycles. The molecule has 0 N–H and O–H groups in total. The molecule has 0 amide bonds. The minimum Gasteiger partial charge on any atom is -0.453 e. The highest BCUT2D eigenvalue weighted by atomic mass is 32.2. The van der Waals surface area contributed by atoms with E-state index < -0.39 is 28.5 Å². The van der Waals surface area contributed by atoms with Crippen LogP contribution in [0.4, 0.5) is 8.78 Å². The first-order chi connectivity index (χ1) is 14.6. The average Bonchev–Trinajstić information content (AvgIpc) is 2.78. The lowest BCUT2D eigenvalue weighted by Crippen LogP contribution is -2.02. The maximum atomic E-state index is 15.2. The van der Waals surface area contributed by atoms with Crippen molar-refractivity contribution in [2.75, 3.05) is 0 Å². The third-order valence-electron chi connectivity index (χ3n) is 4.42. The Kier molecular flexibility index (Phi) is 5.34. The van der Waals surface area contributed by atoms with Gasteiger partial charge in [0.05, 0.1) is 4.90 Å². The van der Waals surface area contributed by atoms with Crippen LogP contribution in [0.1, 0.15) is 11.1 Å². The van der Waals surface area contributed by atoms with Crippen molar-refractivity contribution >= 4 is 22.5 Å². The summed E-state index contributed by atoms with van der Waals surface area (Å²) in [4.78, 5) is 0.445. The third-order valence-corrected chi connectivity index (χ3v) is 5.48. The number of nitrogens with zero attached hydrogens (tertiary/aromatic N) is 2. The average molecular weight is 414 g/mol. The highest BCUT2D eigenvalue weighted by Crippen LogP contribution is 2.44. The van der Waals surface area contributed by atoms with E-state index in [-0.39, 0.29) is 10.6 Å². The molecular formula is C24H12F2N2OS. The van der Waals surface area contributed by atoms with E-state index in [1.165, 1.54) is 0 Å². The molecule has 6 heteroatoms. The van der Waals surface area contributed by atoms with Crippen molar-refractivity contribution in [1.29, 1.82) is 10.5 Å². The van der Waals surface area contributed by atoms with E-state index in [2.05, 4.69) is 0 Å². The van der Waals surface area contributed by atoms with Crippen LogP contribution < -0.4 is 4.74 Å². The summed E-state index contributed by atoms with van der Waals surface area (Å²) in [6.07, 6.45) is 0. The van der Waals surface area contributed by atoms with Gasteiger partial charge in [0.15, 0.2) is 17.4 Å². The smallest absolute Gasteiger partial charge is 0.186 e. The van der Waals surface area contributed by atoms with Crippen molar-refractivity contribution in [3.63, 3.8) is 0 Å². The van der Waals surface area contributed by atoms with Gasteiger partial charge in [-0.3, -0.25) is 0 Å². The lowest BCUT2D eigenvalue weighted by atomic mass is 10.1. The van der Waals surface area contributed by atoms with Gasteiger partial charge in [-0.1, -0.05) is 60.3 Å². The number of benzene rings is 4. The van der Waals surface area contributed by atoms with E-state index >= 15 is 8.78 Å². The Hall–Kier alpha value is -3.87. The standard InChI is InChI=1S/C24H12F2N2OS/c25-21-19(13-27)20(14-28)22(26)24(23(21)29-17-8-2-1-3-9-17)30-18-11-10-15-6-4-5-7-16(15)12-18/h1-12H. The van der Waals surface area contributed by atoms with Gasteiger partial charge in [0.2, 0.25) is 0 Å². The van der Waals surface area contributed by atoms with Gasteiger partial charge in [-0.05, 0) is 35.0 Å². The van der Waals surface area contributed by atoms with Crippen molar-refractivity contribution in [1.82, 2.24) is 0 Å². The van der Waals surface area contributed by atoms with E-state index in [4.69, 9.17) is 4.74 Å². The molecule has 0 atom stereocenters. The highest BCUT2D eigenvalue weighted by Gasteiger charge is 2.27. The largest absolute Gasteiger partial charge is 0.453 e. The second-order valence-electron chi connectivity index (χ2n) is 6.29. The Morgan fingerprint density at radius 2 is 1.37 bits per heavy atom. The van der Waals surface area contributed by atoms with E-state index in [0.717, 1.165) is 22.5 Å². The van der Waals surface area contributed by atoms with Crippen LogP contribution in [0, 0.1) is 34.3 Å². The van der Waals surface area contributed by atoms with Gasteiger partial charge < -0.3 is 4.74 Å². The number of ether oxygens (including phenoxy) is 1.